The molecule has 3 rings (SSSR count). The summed E-state index contributed by atoms with van der Waals surface area (Å²) < 4.78 is 0. The molecular formula is C20H25N3OS. The first kappa shape index (κ1) is 17.9. The van der Waals surface area contributed by atoms with E-state index in [-0.39, 0.29) is 5.91 Å². The Morgan fingerprint density at radius 1 is 1.12 bits per heavy atom. The van der Waals surface area contributed by atoms with Crippen LogP contribution in [0, 0.1) is 13.8 Å². The molecule has 1 aromatic heterocycles. The second-order valence-electron chi connectivity index (χ2n) is 6.73. The zero-order valence-electron chi connectivity index (χ0n) is 14.9. The topological polar surface area (TPSA) is 54.9 Å². The van der Waals surface area contributed by atoms with Gasteiger partial charge in [-0.25, -0.2) is 9.97 Å². The van der Waals surface area contributed by atoms with Crippen LogP contribution in [-0.4, -0.2) is 27.7 Å². The van der Waals surface area contributed by atoms with Crippen molar-refractivity contribution in [1.82, 2.24) is 15.3 Å². The van der Waals surface area contributed by atoms with E-state index in [1.54, 1.807) is 0 Å². The number of amides is 1. The number of hydrogen-bond acceptors (Lipinski definition) is 4. The van der Waals surface area contributed by atoms with E-state index >= 15 is 0 Å². The molecule has 0 bridgehead atoms. The normalized spacial score (nSPS) is 15.1. The number of aromatic nitrogens is 2. The summed E-state index contributed by atoms with van der Waals surface area (Å²) in [6, 6.07) is 10.5. The summed E-state index contributed by atoms with van der Waals surface area (Å²) in [6.07, 6.45) is 5.97. The lowest BCUT2D eigenvalue weighted by Crippen LogP contribution is -2.37. The van der Waals surface area contributed by atoms with E-state index < -0.39 is 0 Å². The lowest BCUT2D eigenvalue weighted by atomic mass is 9.95. The Bertz CT molecular complexity index is 724. The number of benzene rings is 1. The first-order chi connectivity index (χ1) is 12.1. The molecule has 0 spiro atoms. The van der Waals surface area contributed by atoms with Crippen molar-refractivity contribution in [3.8, 4) is 11.4 Å². The summed E-state index contributed by atoms with van der Waals surface area (Å²) >= 11 is 1.48. The number of hydrogen-bond donors (Lipinski definition) is 1. The standard InChI is InChI=1S/C20H25N3OS/c1-14-8-10-16(11-9-14)20-21-15(2)12-19(23-20)25-13-18(24)22-17-6-4-3-5-7-17/h8-12,17H,3-7,13H2,1-2H3,(H,22,24). The second kappa shape index (κ2) is 8.48. The third kappa shape index (κ3) is 5.30. The molecule has 25 heavy (non-hydrogen) atoms. The number of carbonyl (C=O) groups excluding carboxylic acids is 1. The predicted octanol–water partition coefficient (Wildman–Crippen LogP) is 4.30. The number of nitrogens with one attached hydrogen (secondary N) is 1. The van der Waals surface area contributed by atoms with Crippen molar-refractivity contribution in [2.75, 3.05) is 5.75 Å². The smallest absolute Gasteiger partial charge is 0.230 e. The maximum atomic E-state index is 12.2. The minimum Gasteiger partial charge on any atom is -0.353 e. The molecule has 0 atom stereocenters. The molecule has 4 nitrogen and oxygen atoms in total. The molecule has 1 heterocycles. The molecule has 0 radical (unpaired) electrons. The third-order valence-corrected chi connectivity index (χ3v) is 5.37. The fourth-order valence-electron chi connectivity index (χ4n) is 3.10. The van der Waals surface area contributed by atoms with Crippen molar-refractivity contribution in [3.05, 3.63) is 41.6 Å². The maximum absolute atomic E-state index is 12.2. The average molecular weight is 356 g/mol. The molecule has 132 valence electrons. The lowest BCUT2D eigenvalue weighted by molar-refractivity contribution is -0.119. The molecule has 1 N–H and O–H groups in total. The van der Waals surface area contributed by atoms with Gasteiger partial charge in [-0.05, 0) is 32.8 Å². The van der Waals surface area contributed by atoms with Crippen LogP contribution in [0.5, 0.6) is 0 Å². The van der Waals surface area contributed by atoms with Gasteiger partial charge in [-0.2, -0.15) is 0 Å². The SMILES string of the molecule is Cc1ccc(-c2nc(C)cc(SCC(=O)NC3CCCCC3)n2)cc1. The van der Waals surface area contributed by atoms with Gasteiger partial charge in [0, 0.05) is 17.3 Å². The quantitative estimate of drug-likeness (QED) is 0.642. The Hall–Kier alpha value is -1.88. The van der Waals surface area contributed by atoms with Gasteiger partial charge >= 0.3 is 0 Å². The van der Waals surface area contributed by atoms with Crippen molar-refractivity contribution < 1.29 is 4.79 Å². The summed E-state index contributed by atoms with van der Waals surface area (Å²) in [4.78, 5) is 21.3. The van der Waals surface area contributed by atoms with Crippen molar-refractivity contribution in [3.63, 3.8) is 0 Å². The third-order valence-electron chi connectivity index (χ3n) is 4.46. The zero-order valence-corrected chi connectivity index (χ0v) is 15.7. The van der Waals surface area contributed by atoms with E-state index in [0.717, 1.165) is 34.9 Å². The van der Waals surface area contributed by atoms with Crippen LogP contribution in [0.1, 0.15) is 43.4 Å². The molecule has 2 aromatic rings. The van der Waals surface area contributed by atoms with Gasteiger partial charge in [0.2, 0.25) is 5.91 Å². The average Bonchev–Trinajstić information content (AvgIpc) is 2.61. The van der Waals surface area contributed by atoms with Crippen molar-refractivity contribution in [1.29, 1.82) is 0 Å². The summed E-state index contributed by atoms with van der Waals surface area (Å²) in [5.41, 5.74) is 3.13. The Kier molecular flexibility index (Phi) is 6.08. The van der Waals surface area contributed by atoms with Crippen molar-refractivity contribution in [2.45, 2.75) is 57.0 Å². The number of thioether (sulfide) groups is 1. The molecule has 5 heteroatoms. The maximum Gasteiger partial charge on any atom is 0.230 e. The fourth-order valence-corrected chi connectivity index (χ4v) is 3.87. The van der Waals surface area contributed by atoms with E-state index in [1.807, 2.05) is 25.1 Å². The van der Waals surface area contributed by atoms with Crippen LogP contribution in [0.15, 0.2) is 35.4 Å². The first-order valence-electron chi connectivity index (χ1n) is 8.95. The van der Waals surface area contributed by atoms with Gasteiger partial charge in [-0.15, -0.1) is 0 Å². The Balaban J connectivity index is 1.62. The predicted molar refractivity (Wildman–Crippen MR) is 103 cm³/mol. The molecule has 1 aliphatic rings. The van der Waals surface area contributed by atoms with E-state index in [2.05, 4.69) is 34.3 Å². The van der Waals surface area contributed by atoms with Gasteiger partial charge in [-0.1, -0.05) is 60.9 Å². The van der Waals surface area contributed by atoms with Crippen LogP contribution >= 0.6 is 11.8 Å². The number of nitrogens with zero attached hydrogens (tertiary/aromatic N) is 2. The molecule has 1 aromatic carbocycles. The fraction of sp³-hybridized carbons (Fsp3) is 0.450. The van der Waals surface area contributed by atoms with Crippen LogP contribution in [0.25, 0.3) is 11.4 Å². The molecule has 0 saturated heterocycles. The summed E-state index contributed by atoms with van der Waals surface area (Å²) in [5.74, 6) is 1.22. The zero-order chi connectivity index (χ0) is 17.6. The Labute approximate surface area is 153 Å². The molecular weight excluding hydrogens is 330 g/mol. The number of rotatable bonds is 5. The second-order valence-corrected chi connectivity index (χ2v) is 7.72. The monoisotopic (exact) mass is 355 g/mol. The summed E-state index contributed by atoms with van der Waals surface area (Å²) in [7, 11) is 0. The summed E-state index contributed by atoms with van der Waals surface area (Å²) in [5, 5.41) is 4.00. The van der Waals surface area contributed by atoms with Gasteiger partial charge in [-0.3, -0.25) is 4.79 Å². The molecule has 1 amide bonds. The van der Waals surface area contributed by atoms with Crippen LogP contribution in [0.2, 0.25) is 0 Å². The highest BCUT2D eigenvalue weighted by molar-refractivity contribution is 7.99. The molecule has 0 unspecified atom stereocenters. The van der Waals surface area contributed by atoms with Crippen molar-refractivity contribution >= 4 is 17.7 Å². The first-order valence-corrected chi connectivity index (χ1v) is 9.93. The van der Waals surface area contributed by atoms with Crippen LogP contribution < -0.4 is 5.32 Å². The highest BCUT2D eigenvalue weighted by Gasteiger charge is 2.16. The van der Waals surface area contributed by atoms with Gasteiger partial charge in [0.25, 0.3) is 0 Å². The minimum absolute atomic E-state index is 0.102. The van der Waals surface area contributed by atoms with Crippen LogP contribution in [0.3, 0.4) is 0 Å². The van der Waals surface area contributed by atoms with E-state index in [9.17, 15) is 4.79 Å². The van der Waals surface area contributed by atoms with Crippen LogP contribution in [0.4, 0.5) is 0 Å². The lowest BCUT2D eigenvalue weighted by Gasteiger charge is -2.22. The van der Waals surface area contributed by atoms with Gasteiger partial charge < -0.3 is 5.32 Å². The Morgan fingerprint density at radius 2 is 1.84 bits per heavy atom. The minimum atomic E-state index is 0.102. The molecule has 1 aliphatic carbocycles. The van der Waals surface area contributed by atoms with E-state index in [4.69, 9.17) is 0 Å². The number of aryl methyl sites for hydroxylation is 2. The van der Waals surface area contributed by atoms with Gasteiger partial charge in [0.15, 0.2) is 5.82 Å². The largest absolute Gasteiger partial charge is 0.353 e. The van der Waals surface area contributed by atoms with Crippen LogP contribution in [-0.2, 0) is 4.79 Å². The van der Waals surface area contributed by atoms with Crippen molar-refractivity contribution in [2.24, 2.45) is 0 Å². The van der Waals surface area contributed by atoms with E-state index in [1.165, 1.54) is 36.6 Å². The highest BCUT2D eigenvalue weighted by Crippen LogP contribution is 2.22. The van der Waals surface area contributed by atoms with E-state index in [0.29, 0.717) is 11.8 Å². The van der Waals surface area contributed by atoms with Gasteiger partial charge in [0.1, 0.15) is 5.03 Å². The summed E-state index contributed by atoms with van der Waals surface area (Å²) in [6.45, 7) is 4.03. The highest BCUT2D eigenvalue weighted by atomic mass is 32.2. The Morgan fingerprint density at radius 3 is 2.56 bits per heavy atom. The number of carbonyl (C=O) groups is 1. The molecule has 1 fully saturated rings. The van der Waals surface area contributed by atoms with Gasteiger partial charge in [0.05, 0.1) is 5.75 Å². The molecule has 0 aliphatic heterocycles. The molecule has 1 saturated carbocycles.